The van der Waals surface area contributed by atoms with E-state index in [1.54, 1.807) is 0 Å². The van der Waals surface area contributed by atoms with Crippen LogP contribution in [0.25, 0.3) is 0 Å². The van der Waals surface area contributed by atoms with Gasteiger partial charge in [-0.2, -0.15) is 0 Å². The van der Waals surface area contributed by atoms with Gasteiger partial charge in [-0.3, -0.25) is 4.79 Å². The molecule has 1 amide bonds. The zero-order chi connectivity index (χ0) is 23.0. The Kier molecular flexibility index (Phi) is 6.35. The topological polar surface area (TPSA) is 95.5 Å². The maximum atomic E-state index is 14.1. The van der Waals surface area contributed by atoms with Gasteiger partial charge in [0, 0.05) is 23.9 Å². The van der Waals surface area contributed by atoms with Gasteiger partial charge in [0.15, 0.2) is 11.6 Å². The number of carbonyl (C=O) groups excluding carboxylic acids is 1. The molecule has 1 saturated carbocycles. The number of hydrogen-bond acceptors (Lipinski definition) is 4. The maximum absolute atomic E-state index is 14.1. The lowest BCUT2D eigenvalue weighted by Gasteiger charge is -2.42. The minimum Gasteiger partial charge on any atom is -0.384 e. The number of amides is 1. The third kappa shape index (κ3) is 5.02. The van der Waals surface area contributed by atoms with E-state index in [4.69, 9.17) is 0 Å². The van der Waals surface area contributed by atoms with Crippen LogP contribution in [0.4, 0.5) is 27.6 Å². The number of aliphatic hydroxyl groups is 1. The fourth-order valence-corrected chi connectivity index (χ4v) is 4.41. The summed E-state index contributed by atoms with van der Waals surface area (Å²) in [6, 6.07) is 5.08. The smallest absolute Gasteiger partial charge is 0.266 e. The molecule has 12 heteroatoms. The second kappa shape index (κ2) is 8.52. The minimum atomic E-state index is -4.44. The lowest BCUT2D eigenvalue weighted by Crippen LogP contribution is -2.52. The summed E-state index contributed by atoms with van der Waals surface area (Å²) in [7, 11) is -4.44. The summed E-state index contributed by atoms with van der Waals surface area (Å²) >= 11 is 0. The summed E-state index contributed by atoms with van der Waals surface area (Å²) in [6.07, 6.45) is -3.58. The van der Waals surface area contributed by atoms with Crippen LogP contribution in [0.5, 0.6) is 0 Å². The number of alkyl halides is 2. The summed E-state index contributed by atoms with van der Waals surface area (Å²) in [4.78, 5) is 11.4. The molecule has 0 aliphatic heterocycles. The van der Waals surface area contributed by atoms with Crippen LogP contribution in [0, 0.1) is 23.4 Å². The van der Waals surface area contributed by atoms with Crippen LogP contribution in [0.2, 0.25) is 0 Å². The number of nitrogens with one attached hydrogen (secondary N) is 2. The Morgan fingerprint density at radius 1 is 1.06 bits per heavy atom. The lowest BCUT2D eigenvalue weighted by molar-refractivity contribution is -0.166. The van der Waals surface area contributed by atoms with E-state index in [0.29, 0.717) is 0 Å². The fraction of sp³-hybridized carbons (Fsp3) is 0.316. The molecule has 2 aromatic carbocycles. The van der Waals surface area contributed by atoms with Crippen molar-refractivity contribution in [3.8, 4) is 0 Å². The van der Waals surface area contributed by atoms with Crippen molar-refractivity contribution in [1.82, 2.24) is 4.72 Å². The number of halogens is 5. The van der Waals surface area contributed by atoms with Crippen LogP contribution < -0.4 is 10.0 Å². The Morgan fingerprint density at radius 3 is 2.32 bits per heavy atom. The van der Waals surface area contributed by atoms with Crippen molar-refractivity contribution < 1.29 is 40.3 Å². The number of hydrogen-bond donors (Lipinski definition) is 3. The molecule has 0 saturated heterocycles. The summed E-state index contributed by atoms with van der Waals surface area (Å²) in [6.45, 7) is -0.303. The second-order valence-corrected chi connectivity index (χ2v) is 8.99. The first kappa shape index (κ1) is 23.1. The highest BCUT2D eigenvalue weighted by Gasteiger charge is 2.49. The minimum absolute atomic E-state index is 0.104. The summed E-state index contributed by atoms with van der Waals surface area (Å²) in [5, 5.41) is 11.8. The molecular weight excluding hydrogens is 447 g/mol. The van der Waals surface area contributed by atoms with Crippen LogP contribution in [0.15, 0.2) is 41.3 Å². The molecule has 0 aromatic heterocycles. The Hall–Kier alpha value is -2.57. The standard InChI is InChI=1S/C19H17F5N2O4S/c20-13-4-2-12(6-15(13)22)26-17(27)11-1-3-14(21)16(5-11)31(29,30)25-9-10-7-19(28,8-10)18(23)24/h1-6,10,18,25,28H,7-9H2,(H,26,27). The molecule has 0 bridgehead atoms. The van der Waals surface area contributed by atoms with E-state index in [0.717, 1.165) is 36.4 Å². The van der Waals surface area contributed by atoms with Crippen molar-refractivity contribution in [3.63, 3.8) is 0 Å². The molecule has 0 spiro atoms. The van der Waals surface area contributed by atoms with Gasteiger partial charge in [0.1, 0.15) is 16.3 Å². The second-order valence-electron chi connectivity index (χ2n) is 7.26. The third-order valence-electron chi connectivity index (χ3n) is 4.91. The van der Waals surface area contributed by atoms with Gasteiger partial charge in [0.2, 0.25) is 10.0 Å². The fourth-order valence-electron chi connectivity index (χ4n) is 3.20. The van der Waals surface area contributed by atoms with Gasteiger partial charge in [-0.15, -0.1) is 0 Å². The largest absolute Gasteiger partial charge is 0.384 e. The summed E-state index contributed by atoms with van der Waals surface area (Å²) < 4.78 is 92.5. The highest BCUT2D eigenvalue weighted by atomic mass is 32.2. The summed E-state index contributed by atoms with van der Waals surface area (Å²) in [5.41, 5.74) is -2.53. The van der Waals surface area contributed by atoms with E-state index in [9.17, 15) is 40.3 Å². The monoisotopic (exact) mass is 464 g/mol. The number of anilines is 1. The van der Waals surface area contributed by atoms with Gasteiger partial charge in [0.25, 0.3) is 12.3 Å². The Bertz CT molecular complexity index is 1100. The molecule has 0 atom stereocenters. The van der Waals surface area contributed by atoms with Crippen LogP contribution in [0.3, 0.4) is 0 Å². The van der Waals surface area contributed by atoms with Crippen LogP contribution >= 0.6 is 0 Å². The number of carbonyl (C=O) groups is 1. The normalized spacial score (nSPS) is 21.1. The zero-order valence-electron chi connectivity index (χ0n) is 15.7. The molecular formula is C19H17F5N2O4S. The Morgan fingerprint density at radius 2 is 1.71 bits per heavy atom. The summed E-state index contributed by atoms with van der Waals surface area (Å²) in [5.74, 6) is -4.95. The molecule has 2 aromatic rings. The Labute approximate surface area is 174 Å². The van der Waals surface area contributed by atoms with Crippen LogP contribution in [-0.2, 0) is 10.0 Å². The third-order valence-corrected chi connectivity index (χ3v) is 6.35. The van der Waals surface area contributed by atoms with Crippen molar-refractivity contribution in [3.05, 3.63) is 59.4 Å². The van der Waals surface area contributed by atoms with Gasteiger partial charge < -0.3 is 10.4 Å². The predicted molar refractivity (Wildman–Crippen MR) is 99.6 cm³/mol. The highest BCUT2D eigenvalue weighted by Crippen LogP contribution is 2.41. The van der Waals surface area contributed by atoms with Crippen molar-refractivity contribution >= 4 is 21.6 Å². The SMILES string of the molecule is O=C(Nc1ccc(F)c(F)c1)c1ccc(F)c(S(=O)(=O)NCC2CC(O)(C(F)F)C2)c1. The molecule has 1 aliphatic carbocycles. The van der Waals surface area contributed by atoms with Crippen molar-refractivity contribution in [1.29, 1.82) is 0 Å². The maximum Gasteiger partial charge on any atom is 0.266 e. The van der Waals surface area contributed by atoms with Gasteiger partial charge in [-0.1, -0.05) is 0 Å². The Balaban J connectivity index is 1.70. The van der Waals surface area contributed by atoms with Crippen LogP contribution in [0.1, 0.15) is 23.2 Å². The first-order valence-electron chi connectivity index (χ1n) is 8.97. The van der Waals surface area contributed by atoms with Crippen molar-refractivity contribution in [2.75, 3.05) is 11.9 Å². The van der Waals surface area contributed by atoms with Gasteiger partial charge >= 0.3 is 0 Å². The van der Waals surface area contributed by atoms with E-state index < -0.39 is 56.2 Å². The quantitative estimate of drug-likeness (QED) is 0.549. The number of sulfonamides is 1. The lowest BCUT2D eigenvalue weighted by atomic mass is 9.71. The molecule has 31 heavy (non-hydrogen) atoms. The highest BCUT2D eigenvalue weighted by molar-refractivity contribution is 7.89. The van der Waals surface area contributed by atoms with E-state index in [1.807, 2.05) is 0 Å². The first-order chi connectivity index (χ1) is 14.4. The molecule has 0 radical (unpaired) electrons. The van der Waals surface area contributed by atoms with E-state index in [2.05, 4.69) is 10.0 Å². The van der Waals surface area contributed by atoms with Crippen LogP contribution in [-0.4, -0.2) is 38.0 Å². The van der Waals surface area contributed by atoms with Gasteiger partial charge in [-0.05, 0) is 49.1 Å². The molecule has 1 aliphatic rings. The van der Waals surface area contributed by atoms with E-state index in [-0.39, 0.29) is 30.6 Å². The average Bonchev–Trinajstić information content (AvgIpc) is 2.67. The van der Waals surface area contributed by atoms with Gasteiger partial charge in [0.05, 0.1) is 0 Å². The van der Waals surface area contributed by atoms with Crippen molar-refractivity contribution in [2.45, 2.75) is 29.8 Å². The number of benzene rings is 2. The number of rotatable bonds is 7. The molecule has 3 rings (SSSR count). The zero-order valence-corrected chi connectivity index (χ0v) is 16.5. The first-order valence-corrected chi connectivity index (χ1v) is 10.5. The molecule has 1 fully saturated rings. The molecule has 3 N–H and O–H groups in total. The van der Waals surface area contributed by atoms with Crippen molar-refractivity contribution in [2.24, 2.45) is 5.92 Å². The molecule has 0 unspecified atom stereocenters. The molecule has 0 heterocycles. The van der Waals surface area contributed by atoms with E-state index in [1.165, 1.54) is 0 Å². The predicted octanol–water partition coefficient (Wildman–Crippen LogP) is 3.04. The van der Waals surface area contributed by atoms with E-state index >= 15 is 0 Å². The molecule has 6 nitrogen and oxygen atoms in total. The average molecular weight is 464 g/mol. The molecule has 168 valence electrons. The van der Waals surface area contributed by atoms with Gasteiger partial charge in [-0.25, -0.2) is 35.1 Å².